The predicted octanol–water partition coefficient (Wildman–Crippen LogP) is 11.0. The summed E-state index contributed by atoms with van der Waals surface area (Å²) < 4.78 is 6.63. The van der Waals surface area contributed by atoms with Gasteiger partial charge >= 0.3 is 0 Å². The zero-order valence-corrected chi connectivity index (χ0v) is 27.1. The summed E-state index contributed by atoms with van der Waals surface area (Å²) in [7, 11) is 0. The summed E-state index contributed by atoms with van der Waals surface area (Å²) in [6.45, 7) is 2.04. The highest BCUT2D eigenvalue weighted by atomic mass is 15.1. The van der Waals surface area contributed by atoms with Crippen LogP contribution < -0.4 is 0 Å². The molecule has 10 rings (SSSR count). The normalized spacial score (nSPS) is 11.7. The average molecular weight is 638 g/mol. The largest absolute Gasteiger partial charge is 0.307 e. The number of hydrogen-bond donors (Lipinski definition) is 0. The van der Waals surface area contributed by atoms with Crippen molar-refractivity contribution in [1.82, 2.24) is 13.7 Å². The molecule has 0 aliphatic rings. The fourth-order valence-corrected chi connectivity index (χ4v) is 8.28. The van der Waals surface area contributed by atoms with Gasteiger partial charge < -0.3 is 13.7 Å². The van der Waals surface area contributed by atoms with Gasteiger partial charge in [0.2, 0.25) is 0 Å². The maximum Gasteiger partial charge on any atom is 0.104 e. The van der Waals surface area contributed by atoms with Crippen LogP contribution in [0.5, 0.6) is 0 Å². The highest BCUT2D eigenvalue weighted by molar-refractivity contribution is 6.13. The number of fused-ring (bicyclic) bond motifs is 9. The molecule has 0 saturated carbocycles. The Morgan fingerprint density at radius 3 is 0.900 bits per heavy atom. The van der Waals surface area contributed by atoms with E-state index in [1.54, 1.807) is 0 Å². The van der Waals surface area contributed by atoms with Gasteiger partial charge in [0.1, 0.15) is 17.7 Å². The van der Waals surface area contributed by atoms with Crippen LogP contribution in [0, 0.1) is 29.6 Å². The molecular formula is C45H27N5. The molecule has 3 aromatic heterocycles. The molecule has 0 radical (unpaired) electrons. The van der Waals surface area contributed by atoms with Crippen molar-refractivity contribution in [3.63, 3.8) is 0 Å². The third kappa shape index (κ3) is 3.58. The number of hydrogen-bond acceptors (Lipinski definition) is 2. The van der Waals surface area contributed by atoms with Gasteiger partial charge in [-0.15, -0.1) is 0 Å². The van der Waals surface area contributed by atoms with Crippen LogP contribution in [0.25, 0.3) is 82.5 Å². The molecule has 0 bridgehead atoms. The molecule has 5 nitrogen and oxygen atoms in total. The van der Waals surface area contributed by atoms with Crippen LogP contribution >= 0.6 is 0 Å². The van der Waals surface area contributed by atoms with Crippen LogP contribution in [0.2, 0.25) is 0 Å². The van der Waals surface area contributed by atoms with Crippen LogP contribution in [0.1, 0.15) is 16.7 Å². The lowest BCUT2D eigenvalue weighted by Crippen LogP contribution is -2.14. The van der Waals surface area contributed by atoms with E-state index in [0.717, 1.165) is 82.4 Å². The first-order valence-corrected chi connectivity index (χ1v) is 16.7. The summed E-state index contributed by atoms with van der Waals surface area (Å²) in [5.41, 5.74) is 9.73. The molecule has 0 aliphatic heterocycles. The van der Waals surface area contributed by atoms with Gasteiger partial charge in [-0.05, 0) is 48.9 Å². The molecule has 0 unspecified atom stereocenters. The van der Waals surface area contributed by atoms with E-state index in [1.807, 2.05) is 43.3 Å². The SMILES string of the molecule is Cc1c(C#N)c(-n2c3ccccc3c3ccccc32)c(C#N)c(-n2c3ccccc3c3ccccc32)c1-n1c2ccccc2c2ccccc21. The van der Waals surface area contributed by atoms with E-state index < -0.39 is 0 Å². The molecule has 0 amide bonds. The van der Waals surface area contributed by atoms with E-state index in [0.29, 0.717) is 16.8 Å². The first-order valence-electron chi connectivity index (χ1n) is 16.7. The van der Waals surface area contributed by atoms with Crippen molar-refractivity contribution in [2.75, 3.05) is 0 Å². The third-order valence-corrected chi connectivity index (χ3v) is 10.3. The average Bonchev–Trinajstić information content (AvgIpc) is 3.80. The minimum atomic E-state index is 0.432. The Morgan fingerprint density at radius 1 is 0.340 bits per heavy atom. The zero-order chi connectivity index (χ0) is 33.5. The van der Waals surface area contributed by atoms with Crippen molar-refractivity contribution < 1.29 is 0 Å². The van der Waals surface area contributed by atoms with E-state index in [9.17, 15) is 10.5 Å². The van der Waals surface area contributed by atoms with E-state index in [4.69, 9.17) is 0 Å². The summed E-state index contributed by atoms with van der Waals surface area (Å²) in [4.78, 5) is 0. The lowest BCUT2D eigenvalue weighted by molar-refractivity contribution is 1.04. The van der Waals surface area contributed by atoms with Crippen LogP contribution in [-0.4, -0.2) is 13.7 Å². The first kappa shape index (κ1) is 28.0. The molecule has 5 heteroatoms. The van der Waals surface area contributed by atoms with Gasteiger partial charge in [0.05, 0.1) is 55.7 Å². The second kappa shape index (κ2) is 10.5. The molecular weight excluding hydrogens is 611 g/mol. The Morgan fingerprint density at radius 2 is 0.600 bits per heavy atom. The molecule has 10 aromatic rings. The Kier molecular flexibility index (Phi) is 5.85. The van der Waals surface area contributed by atoms with Gasteiger partial charge in [0, 0.05) is 32.3 Å². The summed E-state index contributed by atoms with van der Waals surface area (Å²) in [6.07, 6.45) is 0. The number of para-hydroxylation sites is 6. The Hall–Kier alpha value is -7.08. The fourth-order valence-electron chi connectivity index (χ4n) is 8.28. The molecule has 7 aromatic carbocycles. The molecule has 0 N–H and O–H groups in total. The van der Waals surface area contributed by atoms with Crippen molar-refractivity contribution in [1.29, 1.82) is 10.5 Å². The number of rotatable bonds is 3. The van der Waals surface area contributed by atoms with Gasteiger partial charge in [0.25, 0.3) is 0 Å². The minimum absolute atomic E-state index is 0.432. The number of aromatic nitrogens is 3. The standard InChI is InChI=1S/C45H27N5/c1-28-35(26-46)44(49-39-22-10-4-16-31(39)32-17-5-11-23-40(32)49)36(27-47)45(50-41-24-12-6-18-33(41)34-19-7-13-25-42(34)50)43(28)48-37-20-8-2-14-29(37)30-15-3-9-21-38(30)48/h2-25H,1H3. The maximum absolute atomic E-state index is 11.5. The van der Waals surface area contributed by atoms with Crippen LogP contribution in [0.4, 0.5) is 0 Å². The third-order valence-electron chi connectivity index (χ3n) is 10.3. The molecule has 0 spiro atoms. The summed E-state index contributed by atoms with van der Waals surface area (Å²) in [5, 5.41) is 29.3. The first-order chi connectivity index (χ1) is 24.7. The van der Waals surface area contributed by atoms with Crippen molar-refractivity contribution in [2.45, 2.75) is 6.92 Å². The summed E-state index contributed by atoms with van der Waals surface area (Å²) in [6, 6.07) is 55.3. The summed E-state index contributed by atoms with van der Waals surface area (Å²) in [5.74, 6) is 0. The predicted molar refractivity (Wildman–Crippen MR) is 204 cm³/mol. The Balaban J connectivity index is 1.51. The number of nitrogens with zero attached hydrogens (tertiary/aromatic N) is 5. The Labute approximate surface area is 287 Å². The fraction of sp³-hybridized carbons (Fsp3) is 0.0222. The van der Waals surface area contributed by atoms with Crippen molar-refractivity contribution in [3.05, 3.63) is 162 Å². The molecule has 50 heavy (non-hydrogen) atoms. The second-order valence-electron chi connectivity index (χ2n) is 12.8. The van der Waals surface area contributed by atoms with E-state index >= 15 is 0 Å². The second-order valence-corrected chi connectivity index (χ2v) is 12.8. The van der Waals surface area contributed by atoms with Gasteiger partial charge in [-0.1, -0.05) is 109 Å². The van der Waals surface area contributed by atoms with Gasteiger partial charge in [-0.3, -0.25) is 0 Å². The summed E-state index contributed by atoms with van der Waals surface area (Å²) >= 11 is 0. The van der Waals surface area contributed by atoms with Crippen molar-refractivity contribution in [3.8, 4) is 29.2 Å². The van der Waals surface area contributed by atoms with Crippen LogP contribution in [-0.2, 0) is 0 Å². The van der Waals surface area contributed by atoms with Gasteiger partial charge in [-0.2, -0.15) is 10.5 Å². The molecule has 0 fully saturated rings. The molecule has 0 aliphatic carbocycles. The van der Waals surface area contributed by atoms with Gasteiger partial charge in [-0.25, -0.2) is 0 Å². The van der Waals surface area contributed by atoms with E-state index in [-0.39, 0.29) is 0 Å². The molecule has 0 saturated heterocycles. The van der Waals surface area contributed by atoms with E-state index in [2.05, 4.69) is 135 Å². The molecule has 0 atom stereocenters. The zero-order valence-electron chi connectivity index (χ0n) is 27.1. The van der Waals surface area contributed by atoms with E-state index in [1.165, 1.54) is 0 Å². The maximum atomic E-state index is 11.5. The molecule has 3 heterocycles. The smallest absolute Gasteiger partial charge is 0.104 e. The van der Waals surface area contributed by atoms with Crippen LogP contribution in [0.15, 0.2) is 146 Å². The lowest BCUT2D eigenvalue weighted by atomic mass is 9.96. The Bertz CT molecular complexity index is 2980. The highest BCUT2D eigenvalue weighted by Gasteiger charge is 2.30. The number of nitriles is 2. The highest BCUT2D eigenvalue weighted by Crippen LogP contribution is 2.45. The quantitative estimate of drug-likeness (QED) is 0.193. The number of benzene rings is 7. The monoisotopic (exact) mass is 637 g/mol. The van der Waals surface area contributed by atoms with Crippen LogP contribution in [0.3, 0.4) is 0 Å². The van der Waals surface area contributed by atoms with Crippen molar-refractivity contribution >= 4 is 65.4 Å². The molecule has 232 valence electrons. The van der Waals surface area contributed by atoms with Crippen molar-refractivity contribution in [2.24, 2.45) is 0 Å². The lowest BCUT2D eigenvalue weighted by Gasteiger charge is -2.25. The van der Waals surface area contributed by atoms with Gasteiger partial charge in [0.15, 0.2) is 0 Å². The topological polar surface area (TPSA) is 62.4 Å². The minimum Gasteiger partial charge on any atom is -0.307 e.